The van der Waals surface area contributed by atoms with Crippen LogP contribution in [0.5, 0.6) is 0 Å². The molecule has 0 saturated heterocycles. The van der Waals surface area contributed by atoms with Crippen molar-refractivity contribution in [3.8, 4) is 0 Å². The fourth-order valence-electron chi connectivity index (χ4n) is 4.20. The molecule has 0 amide bonds. The maximum atomic E-state index is 9.28. The Labute approximate surface area is 112 Å². The van der Waals surface area contributed by atoms with Crippen molar-refractivity contribution in [3.05, 3.63) is 18.5 Å². The topological polar surface area (TPSA) is 45.4 Å². The van der Waals surface area contributed by atoms with Crippen LogP contribution in [-0.2, 0) is 0 Å². The molecular weight excluding hydrogens is 241 g/mol. The quantitative estimate of drug-likeness (QED) is 0.801. The number of nitrogens with zero attached hydrogens (tertiary/aromatic N) is 1. The van der Waals surface area contributed by atoms with Crippen LogP contribution in [0.2, 0.25) is 16.6 Å². The fraction of sp³-hybridized carbons (Fsp3) is 0.692. The molecular formula is C13H27BNO2Si-. The molecule has 3 nitrogen and oxygen atoms in total. The molecule has 104 valence electrons. The van der Waals surface area contributed by atoms with E-state index in [4.69, 9.17) is 0 Å². The predicted octanol–water partition coefficient (Wildman–Crippen LogP) is 1.92. The number of hydrogen-bond acceptors (Lipinski definition) is 2. The minimum atomic E-state index is -2.08. The van der Waals surface area contributed by atoms with E-state index in [1.54, 1.807) is 0 Å². The molecule has 0 unspecified atom stereocenters. The van der Waals surface area contributed by atoms with Gasteiger partial charge in [-0.3, -0.25) is 0 Å². The van der Waals surface area contributed by atoms with E-state index in [-0.39, 0.29) is 0 Å². The van der Waals surface area contributed by atoms with Gasteiger partial charge in [-0.2, -0.15) is 0 Å². The Balaban J connectivity index is 3.33. The van der Waals surface area contributed by atoms with Crippen LogP contribution in [0.15, 0.2) is 18.5 Å². The first kappa shape index (κ1) is 15.5. The third-order valence-corrected chi connectivity index (χ3v) is 12.5. The zero-order valence-electron chi connectivity index (χ0n) is 12.5. The van der Waals surface area contributed by atoms with E-state index < -0.39 is 15.4 Å². The summed E-state index contributed by atoms with van der Waals surface area (Å²) in [6.07, 6.45) is 3.98. The molecule has 0 saturated carbocycles. The summed E-state index contributed by atoms with van der Waals surface area (Å²) in [4.78, 5) is 0. The zero-order valence-corrected chi connectivity index (χ0v) is 13.6. The van der Waals surface area contributed by atoms with Gasteiger partial charge in [-0.25, -0.2) is 0 Å². The summed E-state index contributed by atoms with van der Waals surface area (Å²) in [7, 11) is -3.45. The van der Waals surface area contributed by atoms with Gasteiger partial charge in [0.15, 0.2) is 0 Å². The zero-order chi connectivity index (χ0) is 14.1. The average molecular weight is 268 g/mol. The molecule has 1 aromatic heterocycles. The summed E-state index contributed by atoms with van der Waals surface area (Å²) in [6.45, 7) is 13.8. The number of aromatic nitrogens is 1. The second kappa shape index (κ2) is 5.63. The van der Waals surface area contributed by atoms with Gasteiger partial charge in [0.05, 0.1) is 0 Å². The molecule has 2 N–H and O–H groups in total. The molecule has 1 heterocycles. The summed E-state index contributed by atoms with van der Waals surface area (Å²) < 4.78 is 2.34. The standard InChI is InChI=1S/C13H27BNO2Si/c1-10(2)18(11(3)4,12(5)6)15-8-7-13(9-15)14(16)17/h7-12,16-18H,1-6H3/q-1. The molecule has 1 rings (SSSR count). The van der Waals surface area contributed by atoms with E-state index >= 15 is 0 Å². The Morgan fingerprint density at radius 2 is 1.44 bits per heavy atom. The van der Waals surface area contributed by atoms with Gasteiger partial charge in [0.25, 0.3) is 0 Å². The van der Waals surface area contributed by atoms with Gasteiger partial charge < -0.3 is 0 Å². The van der Waals surface area contributed by atoms with Gasteiger partial charge in [0.2, 0.25) is 0 Å². The van der Waals surface area contributed by atoms with Crippen LogP contribution < -0.4 is 5.46 Å². The third kappa shape index (κ3) is 2.44. The molecule has 5 heteroatoms. The molecule has 0 aromatic carbocycles. The summed E-state index contributed by atoms with van der Waals surface area (Å²) in [5, 5.41) is 18.6. The van der Waals surface area contributed by atoms with Crippen molar-refractivity contribution in [1.29, 1.82) is 0 Å². The molecule has 0 aliphatic heterocycles. The number of rotatable bonds is 5. The predicted molar refractivity (Wildman–Crippen MR) is 82.1 cm³/mol. The summed E-state index contributed by atoms with van der Waals surface area (Å²) in [6, 6.07) is 1.83. The molecule has 0 spiro atoms. The van der Waals surface area contributed by atoms with E-state index in [2.05, 4.69) is 45.8 Å². The van der Waals surface area contributed by atoms with E-state index in [1.165, 1.54) is 0 Å². The monoisotopic (exact) mass is 268 g/mol. The second-order valence-corrected chi connectivity index (χ2v) is 13.2. The van der Waals surface area contributed by atoms with Gasteiger partial charge in [0.1, 0.15) is 0 Å². The van der Waals surface area contributed by atoms with Gasteiger partial charge >= 0.3 is 112 Å². The van der Waals surface area contributed by atoms with Crippen molar-refractivity contribution in [3.63, 3.8) is 0 Å². The van der Waals surface area contributed by atoms with Crippen molar-refractivity contribution in [2.24, 2.45) is 0 Å². The Hall–Kier alpha value is -0.518. The molecule has 0 atom stereocenters. The molecule has 1 aromatic rings. The Morgan fingerprint density at radius 3 is 1.72 bits per heavy atom. The van der Waals surface area contributed by atoms with E-state index in [1.807, 2.05) is 18.5 Å². The molecule has 0 fully saturated rings. The summed E-state index contributed by atoms with van der Waals surface area (Å²) >= 11 is 0. The van der Waals surface area contributed by atoms with Gasteiger partial charge in [-0.1, -0.05) is 0 Å². The van der Waals surface area contributed by atoms with Gasteiger partial charge in [0, 0.05) is 0 Å². The minimum absolute atomic E-state index is 0.598. The first-order chi connectivity index (χ1) is 8.24. The van der Waals surface area contributed by atoms with Crippen LogP contribution >= 0.6 is 0 Å². The fourth-order valence-corrected chi connectivity index (χ4v) is 11.7. The first-order valence-electron chi connectivity index (χ1n) is 6.95. The van der Waals surface area contributed by atoms with Gasteiger partial charge in [-0.15, -0.1) is 0 Å². The molecule has 0 aliphatic carbocycles. The SMILES string of the molecule is CC(C)[SiH-](C(C)C)(C(C)C)n1ccc(B(O)O)c1. The Bertz CT molecular complexity index is 366. The van der Waals surface area contributed by atoms with E-state index in [0.29, 0.717) is 22.1 Å². The number of hydrogen-bond donors (Lipinski definition) is 2. The van der Waals surface area contributed by atoms with Crippen molar-refractivity contribution in [2.45, 2.75) is 58.2 Å². The van der Waals surface area contributed by atoms with Crippen LogP contribution in [0, 0.1) is 0 Å². The summed E-state index contributed by atoms with van der Waals surface area (Å²) in [5.41, 5.74) is 2.50. The van der Waals surface area contributed by atoms with Crippen LogP contribution in [0.25, 0.3) is 0 Å². The molecule has 18 heavy (non-hydrogen) atoms. The van der Waals surface area contributed by atoms with Crippen LogP contribution in [0.1, 0.15) is 41.5 Å². The molecule has 0 bridgehead atoms. The van der Waals surface area contributed by atoms with Crippen LogP contribution in [-0.4, -0.2) is 29.6 Å². The normalized spacial score (nSPS) is 13.7. The van der Waals surface area contributed by atoms with Crippen molar-refractivity contribution in [2.75, 3.05) is 0 Å². The van der Waals surface area contributed by atoms with Gasteiger partial charge in [-0.05, 0) is 0 Å². The Kier molecular flexibility index (Phi) is 4.86. The Morgan fingerprint density at radius 1 is 1.00 bits per heavy atom. The average Bonchev–Trinajstić information content (AvgIpc) is 2.66. The van der Waals surface area contributed by atoms with Crippen LogP contribution in [0.3, 0.4) is 0 Å². The van der Waals surface area contributed by atoms with Crippen LogP contribution in [0.4, 0.5) is 0 Å². The maximum absolute atomic E-state index is 9.28. The molecule has 0 aliphatic rings. The third-order valence-electron chi connectivity index (χ3n) is 4.76. The summed E-state index contributed by atoms with van der Waals surface area (Å²) in [5.74, 6) is 0. The van der Waals surface area contributed by atoms with Crippen molar-refractivity contribution in [1.82, 2.24) is 4.23 Å². The van der Waals surface area contributed by atoms with E-state index in [9.17, 15) is 10.0 Å². The van der Waals surface area contributed by atoms with Crippen molar-refractivity contribution >= 4 is 20.8 Å². The first-order valence-corrected chi connectivity index (χ1v) is 9.47. The second-order valence-electron chi connectivity index (χ2n) is 6.52. The van der Waals surface area contributed by atoms with E-state index in [0.717, 1.165) is 0 Å². The van der Waals surface area contributed by atoms with Crippen molar-refractivity contribution < 1.29 is 10.0 Å². The molecule has 0 radical (unpaired) electrons.